The zero-order valence-electron chi connectivity index (χ0n) is 11.1. The summed E-state index contributed by atoms with van der Waals surface area (Å²) in [6.45, 7) is 1.66. The molecule has 0 atom stereocenters. The van der Waals surface area contributed by atoms with Crippen LogP contribution in [-0.4, -0.2) is 18.9 Å². The SMILES string of the molecule is COc1ccccc1C(=O)NNC(=O)c1ccoc1C. The molecule has 104 valence electrons. The van der Waals surface area contributed by atoms with Crippen molar-refractivity contribution in [3.63, 3.8) is 0 Å². The average molecular weight is 274 g/mol. The first-order valence-corrected chi connectivity index (χ1v) is 5.91. The summed E-state index contributed by atoms with van der Waals surface area (Å²) in [5.74, 6) is 0.00391. The molecule has 1 aromatic heterocycles. The third-order valence-electron chi connectivity index (χ3n) is 2.74. The van der Waals surface area contributed by atoms with Gasteiger partial charge < -0.3 is 9.15 Å². The highest BCUT2D eigenvalue weighted by atomic mass is 16.5. The van der Waals surface area contributed by atoms with Crippen LogP contribution in [0.5, 0.6) is 5.75 Å². The van der Waals surface area contributed by atoms with Gasteiger partial charge in [0.25, 0.3) is 11.8 Å². The molecule has 2 amide bonds. The Bertz CT molecular complexity index is 634. The van der Waals surface area contributed by atoms with E-state index in [4.69, 9.17) is 9.15 Å². The van der Waals surface area contributed by atoms with Gasteiger partial charge in [0, 0.05) is 0 Å². The molecule has 0 spiro atoms. The van der Waals surface area contributed by atoms with Crippen LogP contribution in [0.25, 0.3) is 0 Å². The van der Waals surface area contributed by atoms with Crippen molar-refractivity contribution in [2.75, 3.05) is 7.11 Å². The number of ether oxygens (including phenoxy) is 1. The lowest BCUT2D eigenvalue weighted by Crippen LogP contribution is -2.41. The molecule has 2 rings (SSSR count). The number of nitrogens with one attached hydrogen (secondary N) is 2. The molecule has 0 aliphatic carbocycles. The van der Waals surface area contributed by atoms with E-state index in [-0.39, 0.29) is 0 Å². The summed E-state index contributed by atoms with van der Waals surface area (Å²) in [6.07, 6.45) is 1.41. The Labute approximate surface area is 115 Å². The van der Waals surface area contributed by atoms with Gasteiger partial charge in [-0.1, -0.05) is 12.1 Å². The molecule has 0 fully saturated rings. The highest BCUT2D eigenvalue weighted by molar-refractivity contribution is 6.00. The first-order chi connectivity index (χ1) is 9.63. The van der Waals surface area contributed by atoms with Gasteiger partial charge in [0.15, 0.2) is 0 Å². The molecule has 6 heteroatoms. The molecule has 6 nitrogen and oxygen atoms in total. The maximum Gasteiger partial charge on any atom is 0.273 e. The van der Waals surface area contributed by atoms with Crippen LogP contribution in [0.15, 0.2) is 41.0 Å². The quantitative estimate of drug-likeness (QED) is 0.834. The van der Waals surface area contributed by atoms with E-state index in [0.717, 1.165) is 0 Å². The van der Waals surface area contributed by atoms with Crippen LogP contribution in [-0.2, 0) is 0 Å². The van der Waals surface area contributed by atoms with E-state index < -0.39 is 11.8 Å². The Balaban J connectivity index is 2.02. The number of para-hydroxylation sites is 1. The van der Waals surface area contributed by atoms with E-state index in [0.29, 0.717) is 22.6 Å². The van der Waals surface area contributed by atoms with Crippen molar-refractivity contribution in [2.24, 2.45) is 0 Å². The number of rotatable bonds is 3. The summed E-state index contributed by atoms with van der Waals surface area (Å²) in [6, 6.07) is 8.25. The van der Waals surface area contributed by atoms with Crippen molar-refractivity contribution in [2.45, 2.75) is 6.92 Å². The topological polar surface area (TPSA) is 80.6 Å². The number of carbonyl (C=O) groups excluding carboxylic acids is 2. The monoisotopic (exact) mass is 274 g/mol. The van der Waals surface area contributed by atoms with E-state index in [1.807, 2.05) is 0 Å². The van der Waals surface area contributed by atoms with E-state index in [9.17, 15) is 9.59 Å². The third-order valence-corrected chi connectivity index (χ3v) is 2.74. The van der Waals surface area contributed by atoms with Gasteiger partial charge in [0.1, 0.15) is 11.5 Å². The predicted octanol–water partition coefficient (Wildman–Crippen LogP) is 1.67. The van der Waals surface area contributed by atoms with Crippen molar-refractivity contribution in [3.8, 4) is 5.75 Å². The molecule has 2 aromatic rings. The van der Waals surface area contributed by atoms with Gasteiger partial charge >= 0.3 is 0 Å². The average Bonchev–Trinajstić information content (AvgIpc) is 2.90. The molecular weight excluding hydrogens is 260 g/mol. The van der Waals surface area contributed by atoms with Crippen LogP contribution in [0.1, 0.15) is 26.5 Å². The van der Waals surface area contributed by atoms with Gasteiger partial charge in [0.2, 0.25) is 0 Å². The van der Waals surface area contributed by atoms with Crippen molar-refractivity contribution in [3.05, 3.63) is 53.5 Å². The second-order valence-corrected chi connectivity index (χ2v) is 4.00. The van der Waals surface area contributed by atoms with Gasteiger partial charge in [-0.3, -0.25) is 20.4 Å². The fourth-order valence-electron chi connectivity index (χ4n) is 1.70. The minimum Gasteiger partial charge on any atom is -0.496 e. The van der Waals surface area contributed by atoms with Crippen LogP contribution in [0.3, 0.4) is 0 Å². The van der Waals surface area contributed by atoms with E-state index in [1.54, 1.807) is 31.2 Å². The van der Waals surface area contributed by atoms with Crippen molar-refractivity contribution >= 4 is 11.8 Å². The maximum atomic E-state index is 12.0. The molecule has 20 heavy (non-hydrogen) atoms. The molecule has 0 saturated heterocycles. The highest BCUT2D eigenvalue weighted by Gasteiger charge is 2.15. The van der Waals surface area contributed by atoms with Crippen molar-refractivity contribution in [1.82, 2.24) is 10.9 Å². The zero-order chi connectivity index (χ0) is 14.5. The summed E-state index contributed by atoms with van der Waals surface area (Å²) in [7, 11) is 1.47. The number of furan rings is 1. The molecule has 0 aliphatic heterocycles. The van der Waals surface area contributed by atoms with Crippen LogP contribution < -0.4 is 15.6 Å². The number of aryl methyl sites for hydroxylation is 1. The normalized spacial score (nSPS) is 9.90. The Morgan fingerprint density at radius 3 is 2.30 bits per heavy atom. The van der Waals surface area contributed by atoms with E-state index in [1.165, 1.54) is 19.4 Å². The molecule has 0 saturated carbocycles. The maximum absolute atomic E-state index is 12.0. The Hall–Kier alpha value is -2.76. The lowest BCUT2D eigenvalue weighted by Gasteiger charge is -2.09. The molecule has 0 unspecified atom stereocenters. The molecule has 0 aliphatic rings. The van der Waals surface area contributed by atoms with Crippen LogP contribution in [0.4, 0.5) is 0 Å². The Morgan fingerprint density at radius 2 is 1.70 bits per heavy atom. The van der Waals surface area contributed by atoms with E-state index in [2.05, 4.69) is 10.9 Å². The number of hydrogen-bond donors (Lipinski definition) is 2. The minimum absolute atomic E-state index is 0.333. The van der Waals surface area contributed by atoms with Gasteiger partial charge in [-0.25, -0.2) is 0 Å². The third kappa shape index (κ3) is 2.80. The number of methoxy groups -OCH3 is 1. The van der Waals surface area contributed by atoms with Crippen molar-refractivity contribution < 1.29 is 18.7 Å². The predicted molar refractivity (Wildman–Crippen MR) is 71.4 cm³/mol. The summed E-state index contributed by atoms with van der Waals surface area (Å²) in [4.78, 5) is 23.8. The van der Waals surface area contributed by atoms with E-state index >= 15 is 0 Å². The fraction of sp³-hybridized carbons (Fsp3) is 0.143. The zero-order valence-corrected chi connectivity index (χ0v) is 11.1. The first-order valence-electron chi connectivity index (χ1n) is 5.91. The van der Waals surface area contributed by atoms with Crippen LogP contribution >= 0.6 is 0 Å². The lowest BCUT2D eigenvalue weighted by molar-refractivity contribution is 0.0844. The lowest BCUT2D eigenvalue weighted by atomic mass is 10.2. The molecule has 0 bridgehead atoms. The number of amides is 2. The fourth-order valence-corrected chi connectivity index (χ4v) is 1.70. The summed E-state index contributed by atoms with van der Waals surface area (Å²) < 4.78 is 10.1. The second-order valence-electron chi connectivity index (χ2n) is 4.00. The molecule has 1 heterocycles. The van der Waals surface area contributed by atoms with Crippen LogP contribution in [0, 0.1) is 6.92 Å². The number of benzene rings is 1. The minimum atomic E-state index is -0.461. The summed E-state index contributed by atoms with van der Waals surface area (Å²) in [5, 5.41) is 0. The molecule has 2 N–H and O–H groups in total. The smallest absolute Gasteiger partial charge is 0.273 e. The summed E-state index contributed by atoms with van der Waals surface area (Å²) >= 11 is 0. The molecule has 0 radical (unpaired) electrons. The summed E-state index contributed by atoms with van der Waals surface area (Å²) in [5.41, 5.74) is 5.35. The van der Waals surface area contributed by atoms with Gasteiger partial charge in [-0.15, -0.1) is 0 Å². The molecule has 1 aromatic carbocycles. The standard InChI is InChI=1S/C14H14N2O4/c1-9-10(7-8-20-9)13(17)15-16-14(18)11-5-3-4-6-12(11)19-2/h3-8H,1-2H3,(H,15,17)(H,16,18). The largest absolute Gasteiger partial charge is 0.496 e. The van der Waals surface area contributed by atoms with Crippen molar-refractivity contribution in [1.29, 1.82) is 0 Å². The van der Waals surface area contributed by atoms with Gasteiger partial charge in [-0.2, -0.15) is 0 Å². The number of hydrazine groups is 1. The number of hydrogen-bond acceptors (Lipinski definition) is 4. The Morgan fingerprint density at radius 1 is 1.05 bits per heavy atom. The van der Waals surface area contributed by atoms with Gasteiger partial charge in [-0.05, 0) is 25.1 Å². The second kappa shape index (κ2) is 5.92. The van der Waals surface area contributed by atoms with Crippen LogP contribution in [0.2, 0.25) is 0 Å². The Kier molecular flexibility index (Phi) is 4.05. The van der Waals surface area contributed by atoms with Gasteiger partial charge in [0.05, 0.1) is 24.5 Å². The first kappa shape index (κ1) is 13.7. The highest BCUT2D eigenvalue weighted by Crippen LogP contribution is 2.16. The molecular formula is C14H14N2O4. The number of carbonyl (C=O) groups is 2.